The zero-order valence-electron chi connectivity index (χ0n) is 13.2. The largest absolute Gasteiger partial charge is 2.00 e. The third kappa shape index (κ3) is 428. The van der Waals surface area contributed by atoms with Crippen LogP contribution in [0.5, 0.6) is 0 Å². The van der Waals surface area contributed by atoms with Crippen LogP contribution in [0.1, 0.15) is 8.56 Å². The van der Waals surface area contributed by atoms with Crippen LogP contribution < -0.4 is 6.15 Å². The van der Waals surface area contributed by atoms with Gasteiger partial charge in [0.05, 0.1) is 0 Å². The van der Waals surface area contributed by atoms with Crippen molar-refractivity contribution in [1.82, 2.24) is 6.15 Å². The normalized spacial score (nSPS) is 8.43. The summed E-state index contributed by atoms with van der Waals surface area (Å²) >= 11 is 0. The van der Waals surface area contributed by atoms with Crippen molar-refractivity contribution in [3.8, 4) is 0 Å². The summed E-state index contributed by atoms with van der Waals surface area (Å²) in [4.78, 5) is 43.1. The Hall–Kier alpha value is 2.48. The van der Waals surface area contributed by atoms with Gasteiger partial charge in [-0.25, -0.2) is 9.13 Å². The predicted molar refractivity (Wildman–Crippen MR) is 57.5 cm³/mol. The molecule has 84 valence electrons. The first kappa shape index (κ1) is 36.0. The Labute approximate surface area is 137 Å². The van der Waals surface area contributed by atoms with Crippen molar-refractivity contribution < 1.29 is 47.1 Å². The minimum atomic E-state index is -4.64. The predicted octanol–water partition coefficient (Wildman–Crippen LogP) is -2.16. The smallest absolute Gasteiger partial charge is 1.00 e. The number of hydrogen-bond donors (Lipinski definition) is 7. The van der Waals surface area contributed by atoms with E-state index in [1.165, 1.54) is 0 Å². The van der Waals surface area contributed by atoms with Gasteiger partial charge in [0.25, 0.3) is 0 Å². The average molecular weight is 292 g/mol. The molecule has 0 aromatic rings. The molecular weight excluding hydrogens is 277 g/mol. The molecule has 0 aliphatic carbocycles. The van der Waals surface area contributed by atoms with E-state index in [-0.39, 0.29) is 83.9 Å². The Kier molecular flexibility index (Phi) is 39.8. The fourth-order valence-electron chi connectivity index (χ4n) is 0. The van der Waals surface area contributed by atoms with E-state index < -0.39 is 15.6 Å². The second kappa shape index (κ2) is 15.5. The van der Waals surface area contributed by atoms with E-state index >= 15 is 0 Å². The van der Waals surface area contributed by atoms with Gasteiger partial charge in [0.2, 0.25) is 0 Å². The van der Waals surface area contributed by atoms with Crippen molar-refractivity contribution in [2.24, 2.45) is 0 Å². The quantitative estimate of drug-likeness (QED) is 0.192. The second-order valence-electron chi connectivity index (χ2n) is 1.03. The monoisotopic (exact) mass is 291 g/mol. The first-order chi connectivity index (χ1) is 4.00. The number of rotatable bonds is 0. The van der Waals surface area contributed by atoms with Gasteiger partial charge in [-0.15, -0.1) is 0 Å². The van der Waals surface area contributed by atoms with Gasteiger partial charge in [0.15, 0.2) is 0 Å². The SMILES string of the molecule is N.O=P(O)(O)O.O=P(O)(O)O.[H-].[H-].[H-].[H-].[H-].[H-].[Mg+2].[Mg+2].[Mg+2]. The average Bonchev–Trinajstić information content (AvgIpc) is 1.12. The molecule has 0 spiro atoms. The maximum Gasteiger partial charge on any atom is 2.00 e. The van der Waals surface area contributed by atoms with Crippen LogP contribution >= 0.6 is 15.6 Å². The van der Waals surface area contributed by atoms with Crippen LogP contribution in [0.25, 0.3) is 0 Å². The van der Waals surface area contributed by atoms with Crippen LogP contribution in [-0.2, 0) is 9.13 Å². The summed E-state index contributed by atoms with van der Waals surface area (Å²) in [5.41, 5.74) is 0. The van der Waals surface area contributed by atoms with Crippen molar-refractivity contribution in [3.05, 3.63) is 0 Å². The summed E-state index contributed by atoms with van der Waals surface area (Å²) in [5.74, 6) is 0. The molecule has 0 aliphatic heterocycles. The fourth-order valence-corrected chi connectivity index (χ4v) is 0. The Morgan fingerprint density at radius 2 is 0.643 bits per heavy atom. The zero-order valence-corrected chi connectivity index (χ0v) is 13.3. The van der Waals surface area contributed by atoms with Crippen LogP contribution in [0.3, 0.4) is 0 Å². The van der Waals surface area contributed by atoms with Crippen LogP contribution in [0.2, 0.25) is 0 Å². The Bertz CT molecular complexity index is 153. The summed E-state index contributed by atoms with van der Waals surface area (Å²) in [6.07, 6.45) is 0. The first-order valence-electron chi connectivity index (χ1n) is 1.57. The standard InChI is InChI=1S/3Mg.H3N.2H3O4P.6H/c;;;;2*1-5(2,3)4;;;;;;/h;;;1H3;2*(H3,1,2,3,4);;;;;;/q3*+2;;;;6*-1. The van der Waals surface area contributed by atoms with Crippen LogP contribution in [0.15, 0.2) is 0 Å². The summed E-state index contributed by atoms with van der Waals surface area (Å²) in [6.45, 7) is 0. The topological polar surface area (TPSA) is 191 Å². The van der Waals surface area contributed by atoms with Crippen LogP contribution in [-0.4, -0.2) is 98.5 Å². The minimum absolute atomic E-state index is 0. The van der Waals surface area contributed by atoms with Crippen molar-refractivity contribution in [2.75, 3.05) is 0 Å². The van der Waals surface area contributed by atoms with E-state index in [9.17, 15) is 0 Å². The van der Waals surface area contributed by atoms with E-state index in [0.717, 1.165) is 0 Å². The van der Waals surface area contributed by atoms with Crippen LogP contribution in [0.4, 0.5) is 0 Å². The maximum atomic E-state index is 8.88. The van der Waals surface area contributed by atoms with Gasteiger partial charge in [-0.05, 0) is 0 Å². The van der Waals surface area contributed by atoms with Gasteiger partial charge in [-0.3, -0.25) is 0 Å². The summed E-state index contributed by atoms with van der Waals surface area (Å²) in [7, 11) is -9.28. The van der Waals surface area contributed by atoms with E-state index in [0.29, 0.717) is 0 Å². The van der Waals surface area contributed by atoms with Gasteiger partial charge < -0.3 is 44.1 Å². The van der Waals surface area contributed by atoms with E-state index in [4.69, 9.17) is 38.5 Å². The molecule has 0 fully saturated rings. The van der Waals surface area contributed by atoms with Gasteiger partial charge in [0, 0.05) is 0 Å². The Balaban J connectivity index is -0.00000000427. The maximum absolute atomic E-state index is 8.88. The van der Waals surface area contributed by atoms with E-state index in [1.807, 2.05) is 0 Å². The molecule has 14 heteroatoms. The van der Waals surface area contributed by atoms with Crippen molar-refractivity contribution >= 4 is 84.8 Å². The molecule has 0 bridgehead atoms. The van der Waals surface area contributed by atoms with Crippen molar-refractivity contribution in [1.29, 1.82) is 0 Å². The van der Waals surface area contributed by atoms with E-state index in [2.05, 4.69) is 0 Å². The molecule has 0 saturated carbocycles. The molecule has 0 aromatic carbocycles. The molecule has 0 rings (SSSR count). The second-order valence-corrected chi connectivity index (χ2v) is 3.08. The third-order valence-corrected chi connectivity index (χ3v) is 0. The van der Waals surface area contributed by atoms with Gasteiger partial charge in [-0.2, -0.15) is 0 Å². The molecule has 0 heterocycles. The molecule has 9 nitrogen and oxygen atoms in total. The summed E-state index contributed by atoms with van der Waals surface area (Å²) < 4.78 is 17.8. The molecule has 0 aromatic heterocycles. The molecule has 0 radical (unpaired) electrons. The fraction of sp³-hybridized carbons (Fsp3) is 0. The minimum Gasteiger partial charge on any atom is -1.00 e. The zero-order chi connectivity index (χ0) is 9.00. The third-order valence-electron chi connectivity index (χ3n) is 0. The molecule has 0 amide bonds. The number of phosphoric acid groups is 2. The summed E-state index contributed by atoms with van der Waals surface area (Å²) in [5, 5.41) is 0. The molecular formula is H15Mg3NO8P2. The van der Waals surface area contributed by atoms with Gasteiger partial charge in [0.1, 0.15) is 0 Å². The molecule has 0 atom stereocenters. The van der Waals surface area contributed by atoms with Crippen LogP contribution in [0, 0.1) is 0 Å². The summed E-state index contributed by atoms with van der Waals surface area (Å²) in [6, 6.07) is 0. The Morgan fingerprint density at radius 3 is 0.643 bits per heavy atom. The van der Waals surface area contributed by atoms with Crippen molar-refractivity contribution in [3.63, 3.8) is 0 Å². The molecule has 0 saturated heterocycles. The van der Waals surface area contributed by atoms with Gasteiger partial charge in [-0.1, -0.05) is 0 Å². The first-order valence-corrected chi connectivity index (χ1v) is 4.70. The molecule has 14 heavy (non-hydrogen) atoms. The molecule has 9 N–H and O–H groups in total. The van der Waals surface area contributed by atoms with E-state index in [1.54, 1.807) is 0 Å². The van der Waals surface area contributed by atoms with Crippen molar-refractivity contribution in [2.45, 2.75) is 0 Å². The van der Waals surface area contributed by atoms with Gasteiger partial charge >= 0.3 is 84.8 Å². The molecule has 0 unspecified atom stereocenters. The Morgan fingerprint density at radius 1 is 0.643 bits per heavy atom. The number of hydrogen-bond acceptors (Lipinski definition) is 3. The molecule has 0 aliphatic rings.